The van der Waals surface area contributed by atoms with Crippen molar-refractivity contribution in [3.63, 3.8) is 0 Å². The molecule has 0 saturated carbocycles. The lowest BCUT2D eigenvalue weighted by atomic mass is 10.2. The lowest BCUT2D eigenvalue weighted by Crippen LogP contribution is -2.39. The van der Waals surface area contributed by atoms with Gasteiger partial charge in [0.25, 0.3) is 5.56 Å². The van der Waals surface area contributed by atoms with E-state index in [0.29, 0.717) is 11.8 Å². The molecule has 3 aromatic rings. The Kier molecular flexibility index (Phi) is 3.54. The van der Waals surface area contributed by atoms with Crippen LogP contribution in [0, 0.1) is 6.92 Å². The topological polar surface area (TPSA) is 82.9 Å². The minimum absolute atomic E-state index is 0.0960. The zero-order chi connectivity index (χ0) is 17.6. The Balaban J connectivity index is 2.23. The summed E-state index contributed by atoms with van der Waals surface area (Å²) in [5.74, 6) is 0.283. The summed E-state index contributed by atoms with van der Waals surface area (Å²) in [6.07, 6.45) is -4.67. The third-order valence-corrected chi connectivity index (χ3v) is 3.47. The highest BCUT2D eigenvalue weighted by atomic mass is 19.4. The Morgan fingerprint density at radius 1 is 1.25 bits per heavy atom. The Morgan fingerprint density at radius 2 is 1.96 bits per heavy atom. The second-order valence-electron chi connectivity index (χ2n) is 5.23. The van der Waals surface area contributed by atoms with E-state index in [9.17, 15) is 22.8 Å². The van der Waals surface area contributed by atoms with Gasteiger partial charge in [-0.15, -0.1) is 0 Å². The lowest BCUT2D eigenvalue weighted by Gasteiger charge is -2.11. The largest absolute Gasteiger partial charge is 0.433 e. The van der Waals surface area contributed by atoms with Crippen molar-refractivity contribution in [3.05, 3.63) is 56.2 Å². The van der Waals surface area contributed by atoms with Gasteiger partial charge in [-0.25, -0.2) is 9.78 Å². The summed E-state index contributed by atoms with van der Waals surface area (Å²) in [5, 5.41) is 3.56. The van der Waals surface area contributed by atoms with Crippen LogP contribution in [0.25, 0.3) is 11.0 Å². The summed E-state index contributed by atoms with van der Waals surface area (Å²) in [6, 6.07) is 3.27. The summed E-state index contributed by atoms with van der Waals surface area (Å²) in [4.78, 5) is 28.2. The van der Waals surface area contributed by atoms with E-state index in [2.05, 4.69) is 10.1 Å². The van der Waals surface area contributed by atoms with Gasteiger partial charge in [0, 0.05) is 13.1 Å². The molecule has 0 aromatic carbocycles. The van der Waals surface area contributed by atoms with E-state index in [1.807, 2.05) is 0 Å². The second-order valence-corrected chi connectivity index (χ2v) is 5.23. The van der Waals surface area contributed by atoms with E-state index in [-0.39, 0.29) is 23.3 Å². The van der Waals surface area contributed by atoms with Crippen LogP contribution >= 0.6 is 0 Å². The molecule has 0 radical (unpaired) electrons. The molecule has 0 saturated heterocycles. The van der Waals surface area contributed by atoms with Crippen molar-refractivity contribution in [1.29, 1.82) is 0 Å². The fourth-order valence-electron chi connectivity index (χ4n) is 2.32. The fraction of sp³-hybridized carbons (Fsp3) is 0.286. The van der Waals surface area contributed by atoms with Gasteiger partial charge in [0.05, 0.1) is 17.6 Å². The molecule has 0 amide bonds. The van der Waals surface area contributed by atoms with Crippen molar-refractivity contribution >= 4 is 11.0 Å². The SMILES string of the molecule is Cc1cc(Cn2c(=O)c3ccc(C(F)(F)F)nc3n(C)c2=O)on1. The van der Waals surface area contributed by atoms with E-state index in [1.165, 1.54) is 7.05 Å². The van der Waals surface area contributed by atoms with E-state index >= 15 is 0 Å². The summed E-state index contributed by atoms with van der Waals surface area (Å²) in [6.45, 7) is 1.50. The molecular formula is C14H11F3N4O3. The molecule has 3 rings (SSSR count). The number of pyridine rings is 1. The Hall–Kier alpha value is -2.91. The first-order chi connectivity index (χ1) is 11.2. The van der Waals surface area contributed by atoms with Gasteiger partial charge in [0.2, 0.25) is 0 Å². The lowest BCUT2D eigenvalue weighted by molar-refractivity contribution is -0.141. The highest BCUT2D eigenvalue weighted by molar-refractivity contribution is 5.74. The first kappa shape index (κ1) is 16.0. The number of alkyl halides is 3. The molecule has 3 heterocycles. The summed E-state index contributed by atoms with van der Waals surface area (Å²) in [5.41, 5.74) is -2.47. The zero-order valence-electron chi connectivity index (χ0n) is 12.6. The van der Waals surface area contributed by atoms with Crippen LogP contribution in [-0.2, 0) is 19.8 Å². The van der Waals surface area contributed by atoms with Crippen LogP contribution in [0.2, 0.25) is 0 Å². The van der Waals surface area contributed by atoms with Gasteiger partial charge < -0.3 is 4.52 Å². The molecule has 0 fully saturated rings. The maximum absolute atomic E-state index is 12.8. The molecule has 0 unspecified atom stereocenters. The Labute approximate surface area is 131 Å². The predicted molar refractivity (Wildman–Crippen MR) is 76.6 cm³/mol. The van der Waals surface area contributed by atoms with E-state index in [4.69, 9.17) is 4.52 Å². The van der Waals surface area contributed by atoms with Gasteiger partial charge in [-0.3, -0.25) is 13.9 Å². The molecule has 24 heavy (non-hydrogen) atoms. The number of hydrogen-bond donors (Lipinski definition) is 0. The van der Waals surface area contributed by atoms with Crippen molar-refractivity contribution in [2.24, 2.45) is 7.05 Å². The minimum atomic E-state index is -4.67. The molecule has 3 aromatic heterocycles. The van der Waals surface area contributed by atoms with Crippen LogP contribution in [0.3, 0.4) is 0 Å². The number of hydrogen-bond acceptors (Lipinski definition) is 5. The highest BCUT2D eigenvalue weighted by Crippen LogP contribution is 2.28. The third-order valence-electron chi connectivity index (χ3n) is 3.47. The molecule has 0 atom stereocenters. The smallest absolute Gasteiger partial charge is 0.359 e. The first-order valence-corrected chi connectivity index (χ1v) is 6.78. The molecule has 0 aliphatic heterocycles. The van der Waals surface area contributed by atoms with Gasteiger partial charge in [0.1, 0.15) is 11.3 Å². The molecule has 0 bridgehead atoms. The molecule has 0 aliphatic rings. The van der Waals surface area contributed by atoms with Crippen LogP contribution in [0.4, 0.5) is 13.2 Å². The number of aryl methyl sites for hydroxylation is 2. The molecule has 7 nitrogen and oxygen atoms in total. The van der Waals surface area contributed by atoms with Crippen LogP contribution < -0.4 is 11.2 Å². The number of fused-ring (bicyclic) bond motifs is 1. The summed E-state index contributed by atoms with van der Waals surface area (Å²) >= 11 is 0. The molecule has 0 spiro atoms. The van der Waals surface area contributed by atoms with Crippen LogP contribution in [0.1, 0.15) is 17.1 Å². The number of rotatable bonds is 2. The van der Waals surface area contributed by atoms with Gasteiger partial charge in [-0.05, 0) is 19.1 Å². The quantitative estimate of drug-likeness (QED) is 0.705. The van der Waals surface area contributed by atoms with Crippen molar-refractivity contribution < 1.29 is 17.7 Å². The standard InChI is InChI=1S/C14H11F3N4O3/c1-7-5-8(24-19-7)6-21-12(22)9-3-4-10(14(15,16)17)18-11(9)20(2)13(21)23/h3-5H,6H2,1-2H3. The predicted octanol–water partition coefficient (Wildman–Crippen LogP) is 1.46. The number of nitrogens with zero attached hydrogens (tertiary/aromatic N) is 4. The van der Waals surface area contributed by atoms with E-state index in [1.54, 1.807) is 13.0 Å². The van der Waals surface area contributed by atoms with E-state index in [0.717, 1.165) is 15.2 Å². The Morgan fingerprint density at radius 3 is 2.54 bits per heavy atom. The van der Waals surface area contributed by atoms with Crippen LogP contribution in [-0.4, -0.2) is 19.3 Å². The zero-order valence-corrected chi connectivity index (χ0v) is 12.6. The molecule has 0 aliphatic carbocycles. The third kappa shape index (κ3) is 2.59. The van der Waals surface area contributed by atoms with Crippen molar-refractivity contribution in [3.8, 4) is 0 Å². The molecule has 10 heteroatoms. The van der Waals surface area contributed by atoms with Crippen LogP contribution in [0.15, 0.2) is 32.3 Å². The fourth-order valence-corrected chi connectivity index (χ4v) is 2.32. The van der Waals surface area contributed by atoms with Crippen LogP contribution in [0.5, 0.6) is 0 Å². The van der Waals surface area contributed by atoms with E-state index < -0.39 is 23.1 Å². The van der Waals surface area contributed by atoms with Crippen molar-refractivity contribution in [2.75, 3.05) is 0 Å². The maximum Gasteiger partial charge on any atom is 0.433 e. The van der Waals surface area contributed by atoms with Gasteiger partial charge in [0.15, 0.2) is 5.76 Å². The minimum Gasteiger partial charge on any atom is -0.359 e. The van der Waals surface area contributed by atoms with Crippen molar-refractivity contribution in [2.45, 2.75) is 19.6 Å². The van der Waals surface area contributed by atoms with Crippen molar-refractivity contribution in [1.82, 2.24) is 19.3 Å². The number of halogens is 3. The van der Waals surface area contributed by atoms with Gasteiger partial charge >= 0.3 is 11.9 Å². The summed E-state index contributed by atoms with van der Waals surface area (Å²) in [7, 11) is 1.25. The average molecular weight is 340 g/mol. The molecule has 126 valence electrons. The normalized spacial score (nSPS) is 12.0. The second kappa shape index (κ2) is 5.32. The monoisotopic (exact) mass is 340 g/mol. The highest BCUT2D eigenvalue weighted by Gasteiger charge is 2.33. The molecule has 0 N–H and O–H groups in total. The first-order valence-electron chi connectivity index (χ1n) is 6.78. The maximum atomic E-state index is 12.8. The average Bonchev–Trinajstić information content (AvgIpc) is 2.93. The Bertz CT molecular complexity index is 1050. The van der Waals surface area contributed by atoms with Gasteiger partial charge in [-0.1, -0.05) is 5.16 Å². The summed E-state index contributed by atoms with van der Waals surface area (Å²) < 4.78 is 45.0. The molecular weight excluding hydrogens is 329 g/mol. The van der Waals surface area contributed by atoms with Gasteiger partial charge in [-0.2, -0.15) is 13.2 Å². The number of aromatic nitrogens is 4.